The zero-order valence-corrected chi connectivity index (χ0v) is 35.2. The minimum absolute atomic E-state index is 0.192. The molecular formula is C45H56N6O9. The van der Waals surface area contributed by atoms with Crippen LogP contribution in [0.3, 0.4) is 0 Å². The first-order chi connectivity index (χ1) is 29.0. The highest BCUT2D eigenvalue weighted by Gasteiger charge is 2.31. The topological polar surface area (TPSA) is 174 Å². The molecule has 3 amide bonds. The quantitative estimate of drug-likeness (QED) is 0.0586. The largest absolute Gasteiger partial charge is 0.493 e. The van der Waals surface area contributed by atoms with Gasteiger partial charge < -0.3 is 59.6 Å². The molecule has 0 saturated heterocycles. The maximum Gasteiger partial charge on any atom is 0.407 e. The average molecular weight is 825 g/mol. The number of hydrogen-bond donors (Lipinski definition) is 5. The summed E-state index contributed by atoms with van der Waals surface area (Å²) in [6.07, 6.45) is -0.857. The van der Waals surface area contributed by atoms with Gasteiger partial charge >= 0.3 is 6.09 Å². The molecule has 1 unspecified atom stereocenters. The highest BCUT2D eigenvalue weighted by molar-refractivity contribution is 6.11. The lowest BCUT2D eigenvalue weighted by atomic mass is 10.0. The molecule has 0 fully saturated rings. The number of anilines is 2. The standard InChI is InChI=1S/C45H56N6O9/c1-45(2,3)60-44(54)49-18-21-57-24-23-56-20-17-48-42(52)41(29-11-13-31(47-5)14-12-29)59-38-28-37-33(32-9-7-8-10-34(32)38)15-19-51(37)43(53)36-25-30-26-40(58-22-16-46-4)39(55-6)27-35(30)50-36/h7-14,25-28,41,46-47,50H,15-24H2,1-6H3,(H,48,52)(H,49,54). The van der Waals surface area contributed by atoms with Gasteiger partial charge in [0.2, 0.25) is 6.10 Å². The van der Waals surface area contributed by atoms with E-state index in [1.165, 1.54) is 0 Å². The molecule has 5 N–H and O–H groups in total. The summed E-state index contributed by atoms with van der Waals surface area (Å²) in [5, 5.41) is 14.4. The number of fused-ring (bicyclic) bond motifs is 4. The van der Waals surface area contributed by atoms with Crippen molar-refractivity contribution in [2.45, 2.75) is 38.9 Å². The van der Waals surface area contributed by atoms with E-state index in [2.05, 4.69) is 26.3 Å². The Morgan fingerprint density at radius 1 is 0.800 bits per heavy atom. The van der Waals surface area contributed by atoms with Gasteiger partial charge in [-0.3, -0.25) is 9.59 Å². The smallest absolute Gasteiger partial charge is 0.407 e. The summed E-state index contributed by atoms with van der Waals surface area (Å²) in [6, 6.07) is 22.8. The summed E-state index contributed by atoms with van der Waals surface area (Å²) < 4.78 is 34.7. The molecular weight excluding hydrogens is 769 g/mol. The molecule has 5 aromatic rings. The molecule has 15 heteroatoms. The number of alkyl carbamates (subject to hydrolysis) is 1. The molecule has 6 rings (SSSR count). The first-order valence-corrected chi connectivity index (χ1v) is 20.2. The predicted octanol–water partition coefficient (Wildman–Crippen LogP) is 5.97. The summed E-state index contributed by atoms with van der Waals surface area (Å²) in [6.45, 7) is 8.75. The minimum atomic E-state index is -1.02. The number of likely N-dealkylation sites (N-methyl/N-ethyl adjacent to an activating group) is 1. The Bertz CT molecular complexity index is 2250. The van der Waals surface area contributed by atoms with Gasteiger partial charge in [-0.15, -0.1) is 0 Å². The van der Waals surface area contributed by atoms with Crippen molar-refractivity contribution in [3.8, 4) is 17.2 Å². The summed E-state index contributed by atoms with van der Waals surface area (Å²) in [5.41, 5.74) is 3.90. The van der Waals surface area contributed by atoms with Crippen LogP contribution in [0.5, 0.6) is 17.2 Å². The van der Waals surface area contributed by atoms with E-state index >= 15 is 0 Å². The number of carbonyl (C=O) groups is 3. The van der Waals surface area contributed by atoms with E-state index in [9.17, 15) is 14.4 Å². The van der Waals surface area contributed by atoms with E-state index in [1.54, 1.807) is 32.8 Å². The van der Waals surface area contributed by atoms with Crippen LogP contribution in [0, 0.1) is 0 Å². The maximum atomic E-state index is 14.3. The molecule has 0 saturated carbocycles. The third-order valence-electron chi connectivity index (χ3n) is 9.78. The van der Waals surface area contributed by atoms with E-state index < -0.39 is 17.8 Å². The van der Waals surface area contributed by atoms with Crippen molar-refractivity contribution in [2.24, 2.45) is 0 Å². The van der Waals surface area contributed by atoms with E-state index in [4.69, 9.17) is 28.4 Å². The van der Waals surface area contributed by atoms with Crippen LogP contribution in [0.15, 0.2) is 72.8 Å². The molecule has 15 nitrogen and oxygen atoms in total. The van der Waals surface area contributed by atoms with Crippen molar-refractivity contribution < 1.29 is 42.8 Å². The van der Waals surface area contributed by atoms with Gasteiger partial charge in [-0.1, -0.05) is 36.4 Å². The van der Waals surface area contributed by atoms with Gasteiger partial charge in [0, 0.05) is 72.9 Å². The van der Waals surface area contributed by atoms with Crippen LogP contribution in [0.2, 0.25) is 0 Å². The SMILES string of the molecule is CNCCOc1cc2cc(C(=O)N3CCc4c3cc(OC(C(=O)NCCOCCOCCNC(=O)OC(C)(C)C)c3ccc(NC)cc3)c3ccccc43)[nH]c2cc1OC. The molecule has 4 aromatic carbocycles. The van der Waals surface area contributed by atoms with Crippen molar-refractivity contribution in [3.63, 3.8) is 0 Å². The highest BCUT2D eigenvalue weighted by Crippen LogP contribution is 2.42. The lowest BCUT2D eigenvalue weighted by Crippen LogP contribution is -2.35. The van der Waals surface area contributed by atoms with Gasteiger partial charge in [-0.2, -0.15) is 0 Å². The minimum Gasteiger partial charge on any atom is -0.493 e. The van der Waals surface area contributed by atoms with E-state index in [-0.39, 0.29) is 25.0 Å². The number of ether oxygens (including phenoxy) is 6. The van der Waals surface area contributed by atoms with Crippen molar-refractivity contribution in [1.82, 2.24) is 20.9 Å². The number of nitrogens with one attached hydrogen (secondary N) is 5. The van der Waals surface area contributed by atoms with Crippen LogP contribution >= 0.6 is 0 Å². The van der Waals surface area contributed by atoms with Crippen molar-refractivity contribution in [3.05, 3.63) is 89.6 Å². The summed E-state index contributed by atoms with van der Waals surface area (Å²) in [4.78, 5) is 45.1. The van der Waals surface area contributed by atoms with Gasteiger partial charge in [0.15, 0.2) is 11.5 Å². The number of methoxy groups -OCH3 is 1. The Balaban J connectivity index is 1.15. The predicted molar refractivity (Wildman–Crippen MR) is 232 cm³/mol. The van der Waals surface area contributed by atoms with E-state index in [1.807, 2.05) is 86.9 Å². The average Bonchev–Trinajstić information content (AvgIpc) is 3.86. The number of carbonyl (C=O) groups excluding carboxylic acids is 3. The normalized spacial score (nSPS) is 12.9. The summed E-state index contributed by atoms with van der Waals surface area (Å²) in [7, 11) is 5.28. The lowest BCUT2D eigenvalue weighted by Gasteiger charge is -2.23. The number of nitrogens with zero attached hydrogens (tertiary/aromatic N) is 1. The molecule has 2 heterocycles. The molecule has 60 heavy (non-hydrogen) atoms. The fourth-order valence-corrected chi connectivity index (χ4v) is 6.91. The first-order valence-electron chi connectivity index (χ1n) is 20.2. The summed E-state index contributed by atoms with van der Waals surface area (Å²) >= 11 is 0. The van der Waals surface area contributed by atoms with E-state index in [0.717, 1.165) is 38.6 Å². The van der Waals surface area contributed by atoms with Gasteiger partial charge in [0.05, 0.1) is 39.2 Å². The number of rotatable bonds is 20. The fraction of sp³-hybridized carbons (Fsp3) is 0.400. The zero-order valence-electron chi connectivity index (χ0n) is 35.2. The van der Waals surface area contributed by atoms with E-state index in [0.29, 0.717) is 81.0 Å². The lowest BCUT2D eigenvalue weighted by molar-refractivity contribution is -0.128. The Labute approximate surface area is 350 Å². The molecule has 0 bridgehead atoms. The second-order valence-corrected chi connectivity index (χ2v) is 15.2. The Morgan fingerprint density at radius 3 is 2.20 bits per heavy atom. The molecule has 1 aliphatic heterocycles. The van der Waals surface area contributed by atoms with Crippen molar-refractivity contribution in [1.29, 1.82) is 0 Å². The Hall–Kier alpha value is -6.03. The van der Waals surface area contributed by atoms with Crippen LogP contribution in [-0.4, -0.2) is 109 Å². The molecule has 0 radical (unpaired) electrons. The van der Waals surface area contributed by atoms with Crippen LogP contribution < -0.4 is 40.4 Å². The maximum absolute atomic E-state index is 14.3. The monoisotopic (exact) mass is 824 g/mol. The first kappa shape index (κ1) is 43.5. The van der Waals surface area contributed by atoms with Gasteiger partial charge in [0.1, 0.15) is 23.7 Å². The van der Waals surface area contributed by atoms with Gasteiger partial charge in [-0.05, 0) is 69.5 Å². The number of benzene rings is 4. The summed E-state index contributed by atoms with van der Waals surface area (Å²) in [5.74, 6) is 1.10. The third kappa shape index (κ3) is 11.0. The zero-order chi connectivity index (χ0) is 42.6. The number of H-pyrrole nitrogens is 1. The fourth-order valence-electron chi connectivity index (χ4n) is 6.91. The van der Waals surface area contributed by atoms with Crippen LogP contribution in [0.25, 0.3) is 21.7 Å². The Kier molecular flexibility index (Phi) is 14.7. The second-order valence-electron chi connectivity index (χ2n) is 15.2. The molecule has 1 atom stereocenters. The van der Waals surface area contributed by atoms with Crippen molar-refractivity contribution >= 4 is 51.0 Å². The van der Waals surface area contributed by atoms with Crippen LogP contribution in [0.1, 0.15) is 48.5 Å². The number of hydrogen-bond acceptors (Lipinski definition) is 11. The third-order valence-corrected chi connectivity index (χ3v) is 9.78. The molecule has 1 aliphatic rings. The molecule has 1 aromatic heterocycles. The molecule has 0 aliphatic carbocycles. The molecule has 0 spiro atoms. The highest BCUT2D eigenvalue weighted by atomic mass is 16.6. The molecule has 320 valence electrons. The second kappa shape index (κ2) is 20.3. The number of amides is 3. The van der Waals surface area contributed by atoms with Gasteiger partial charge in [0.25, 0.3) is 11.8 Å². The number of aromatic amines is 1. The van der Waals surface area contributed by atoms with Crippen molar-refractivity contribution in [2.75, 3.05) is 90.6 Å². The Morgan fingerprint density at radius 2 is 1.52 bits per heavy atom. The number of aromatic nitrogens is 1. The van der Waals surface area contributed by atoms with Crippen LogP contribution in [0.4, 0.5) is 16.2 Å². The van der Waals surface area contributed by atoms with Gasteiger partial charge in [-0.25, -0.2) is 4.79 Å². The van der Waals surface area contributed by atoms with Crippen LogP contribution in [-0.2, 0) is 25.4 Å².